The number of piperidine rings is 1. The summed E-state index contributed by atoms with van der Waals surface area (Å²) in [6.45, 7) is 3.34. The van der Waals surface area contributed by atoms with Crippen molar-refractivity contribution in [1.29, 1.82) is 0 Å². The van der Waals surface area contributed by atoms with Gasteiger partial charge in [-0.15, -0.1) is 0 Å². The zero-order valence-electron chi connectivity index (χ0n) is 19.4. The third-order valence-corrected chi connectivity index (χ3v) is 7.22. The molecule has 35 heavy (non-hydrogen) atoms. The van der Waals surface area contributed by atoms with E-state index in [1.165, 1.54) is 18.6 Å². The van der Waals surface area contributed by atoms with Crippen LogP contribution in [0.4, 0.5) is 32.1 Å². The van der Waals surface area contributed by atoms with Crippen LogP contribution in [-0.2, 0) is 9.84 Å². The summed E-state index contributed by atoms with van der Waals surface area (Å²) >= 11 is 0. The summed E-state index contributed by atoms with van der Waals surface area (Å²) in [5, 5.41) is 6.02. The topological polar surface area (TPSA) is 113 Å². The third kappa shape index (κ3) is 6.25. The minimum atomic E-state index is -3.47. The van der Waals surface area contributed by atoms with Gasteiger partial charge in [0, 0.05) is 36.7 Å². The fourth-order valence-electron chi connectivity index (χ4n) is 4.03. The first kappa shape index (κ1) is 24.9. The maximum Gasteiger partial charge on any atom is 0.241 e. The average Bonchev–Trinajstić information content (AvgIpc) is 2.84. The second-order valence-corrected chi connectivity index (χ2v) is 10.5. The van der Waals surface area contributed by atoms with Crippen LogP contribution in [0.1, 0.15) is 31.4 Å². The van der Waals surface area contributed by atoms with Gasteiger partial charge < -0.3 is 10.6 Å². The van der Waals surface area contributed by atoms with Crippen LogP contribution in [-0.4, -0.2) is 59.0 Å². The van der Waals surface area contributed by atoms with Gasteiger partial charge >= 0.3 is 0 Å². The summed E-state index contributed by atoms with van der Waals surface area (Å²) in [4.78, 5) is 19.2. The first-order valence-electron chi connectivity index (χ1n) is 11.2. The Bertz CT molecular complexity index is 1250. The summed E-state index contributed by atoms with van der Waals surface area (Å²) in [5.74, 6) is 1.06. The molecule has 0 radical (unpaired) electrons. The van der Waals surface area contributed by atoms with Crippen molar-refractivity contribution in [2.24, 2.45) is 5.92 Å². The monoisotopic (exact) mass is 503 g/mol. The number of hydrogen-bond donors (Lipinski definition) is 2. The normalized spacial score (nSPS) is 16.3. The molecule has 0 bridgehead atoms. The highest BCUT2D eigenvalue weighted by Crippen LogP contribution is 2.30. The molecule has 0 aromatic carbocycles. The van der Waals surface area contributed by atoms with E-state index in [4.69, 9.17) is 0 Å². The van der Waals surface area contributed by atoms with Crippen molar-refractivity contribution in [2.45, 2.75) is 37.1 Å². The molecule has 1 saturated heterocycles. The van der Waals surface area contributed by atoms with E-state index in [0.29, 0.717) is 43.4 Å². The first-order chi connectivity index (χ1) is 16.7. The molecule has 1 atom stereocenters. The van der Waals surface area contributed by atoms with Gasteiger partial charge in [-0.2, -0.15) is 0 Å². The van der Waals surface area contributed by atoms with Crippen LogP contribution in [0, 0.1) is 5.92 Å². The fourth-order valence-corrected chi connectivity index (χ4v) is 4.81. The van der Waals surface area contributed by atoms with E-state index < -0.39 is 22.2 Å². The largest absolute Gasteiger partial charge is 0.325 e. The van der Waals surface area contributed by atoms with Crippen LogP contribution >= 0.6 is 0 Å². The zero-order valence-corrected chi connectivity index (χ0v) is 20.2. The second kappa shape index (κ2) is 10.6. The Morgan fingerprint density at radius 1 is 1.00 bits per heavy atom. The standard InChI is InChI=1S/C23H27F2N7O2S/c1-15(32-10-7-16(8-11-32)22(24)25)17-5-6-19(27-13-17)30-20-12-21(29-14-28-20)31-23-18(35(2,33)34)4-3-9-26-23/h3-6,9,12-16,22H,7-8,10-11H2,1-2H3,(H2,26,27,28,29,30,31). The third-order valence-electron chi connectivity index (χ3n) is 6.09. The van der Waals surface area contributed by atoms with Crippen LogP contribution in [0.2, 0.25) is 0 Å². The smallest absolute Gasteiger partial charge is 0.241 e. The number of rotatable bonds is 8. The highest BCUT2D eigenvalue weighted by atomic mass is 32.2. The van der Waals surface area contributed by atoms with Crippen LogP contribution in [0.3, 0.4) is 0 Å². The molecule has 4 rings (SSSR count). The molecule has 9 nitrogen and oxygen atoms in total. The van der Waals surface area contributed by atoms with Crippen molar-refractivity contribution in [2.75, 3.05) is 30.0 Å². The van der Waals surface area contributed by atoms with Crippen molar-refractivity contribution < 1.29 is 17.2 Å². The van der Waals surface area contributed by atoms with Crippen LogP contribution in [0.15, 0.2) is 53.9 Å². The van der Waals surface area contributed by atoms with Crippen LogP contribution < -0.4 is 10.6 Å². The summed E-state index contributed by atoms with van der Waals surface area (Å²) < 4.78 is 49.8. The Morgan fingerprint density at radius 3 is 2.34 bits per heavy atom. The molecule has 1 fully saturated rings. The minimum absolute atomic E-state index is 0.0675. The van der Waals surface area contributed by atoms with Crippen molar-refractivity contribution in [1.82, 2.24) is 24.8 Å². The number of sulfone groups is 1. The lowest BCUT2D eigenvalue weighted by atomic mass is 9.95. The molecule has 0 amide bonds. The molecule has 12 heteroatoms. The molecule has 1 unspecified atom stereocenters. The van der Waals surface area contributed by atoms with Gasteiger partial charge in [0.25, 0.3) is 0 Å². The van der Waals surface area contributed by atoms with E-state index in [2.05, 4.69) is 42.4 Å². The van der Waals surface area contributed by atoms with E-state index in [-0.39, 0.29) is 16.8 Å². The molecule has 0 aliphatic carbocycles. The lowest BCUT2D eigenvalue weighted by molar-refractivity contribution is 0.0262. The van der Waals surface area contributed by atoms with Crippen molar-refractivity contribution in [3.8, 4) is 0 Å². The maximum atomic E-state index is 12.9. The van der Waals surface area contributed by atoms with Gasteiger partial charge in [0.05, 0.1) is 0 Å². The average molecular weight is 504 g/mol. The predicted octanol–water partition coefficient (Wildman–Crippen LogP) is 4.20. The number of likely N-dealkylation sites (tertiary alicyclic amines) is 1. The number of anilines is 4. The Kier molecular flexibility index (Phi) is 7.51. The molecular weight excluding hydrogens is 476 g/mol. The van der Waals surface area contributed by atoms with E-state index in [1.807, 2.05) is 12.1 Å². The predicted molar refractivity (Wildman–Crippen MR) is 129 cm³/mol. The number of halogens is 2. The summed E-state index contributed by atoms with van der Waals surface area (Å²) in [5.41, 5.74) is 1.000. The van der Waals surface area contributed by atoms with Crippen LogP contribution in [0.25, 0.3) is 0 Å². The SMILES string of the molecule is CC(c1ccc(Nc2cc(Nc3ncccc3S(C)(=O)=O)ncn2)nc1)N1CCC(C(F)F)CC1. The Hall–Kier alpha value is -3.25. The number of aromatic nitrogens is 4. The van der Waals surface area contributed by atoms with Crippen LogP contribution in [0.5, 0.6) is 0 Å². The number of alkyl halides is 2. The maximum absolute atomic E-state index is 12.9. The zero-order chi connectivity index (χ0) is 25.0. The number of nitrogens with one attached hydrogen (secondary N) is 2. The number of hydrogen-bond acceptors (Lipinski definition) is 9. The van der Waals surface area contributed by atoms with E-state index >= 15 is 0 Å². The molecule has 186 valence electrons. The van der Waals surface area contributed by atoms with Crippen molar-refractivity contribution in [3.05, 3.63) is 54.6 Å². The minimum Gasteiger partial charge on any atom is -0.325 e. The molecular formula is C23H27F2N7O2S. The number of nitrogens with zero attached hydrogens (tertiary/aromatic N) is 5. The van der Waals surface area contributed by atoms with E-state index in [1.54, 1.807) is 18.3 Å². The molecule has 4 heterocycles. The van der Waals surface area contributed by atoms with Crippen molar-refractivity contribution >= 4 is 33.1 Å². The first-order valence-corrected chi connectivity index (χ1v) is 13.1. The quantitative estimate of drug-likeness (QED) is 0.467. The van der Waals surface area contributed by atoms with Gasteiger partial charge in [-0.3, -0.25) is 4.90 Å². The van der Waals surface area contributed by atoms with Crippen molar-refractivity contribution in [3.63, 3.8) is 0 Å². The summed E-state index contributed by atoms with van der Waals surface area (Å²) in [6, 6.07) is 8.49. The van der Waals surface area contributed by atoms with Gasteiger partial charge in [0.15, 0.2) is 9.84 Å². The van der Waals surface area contributed by atoms with Gasteiger partial charge in [0.1, 0.15) is 34.5 Å². The van der Waals surface area contributed by atoms with Gasteiger partial charge in [-0.1, -0.05) is 6.07 Å². The molecule has 0 saturated carbocycles. The summed E-state index contributed by atoms with van der Waals surface area (Å²) in [7, 11) is -3.47. The van der Waals surface area contributed by atoms with Gasteiger partial charge in [-0.05, 0) is 56.6 Å². The van der Waals surface area contributed by atoms with Gasteiger partial charge in [0.2, 0.25) is 6.43 Å². The molecule has 1 aliphatic rings. The molecule has 0 spiro atoms. The molecule has 2 N–H and O–H groups in total. The highest BCUT2D eigenvalue weighted by molar-refractivity contribution is 7.90. The lowest BCUT2D eigenvalue weighted by Gasteiger charge is -2.35. The number of pyridine rings is 2. The molecule has 1 aliphatic heterocycles. The Morgan fingerprint density at radius 2 is 1.71 bits per heavy atom. The van der Waals surface area contributed by atoms with E-state index in [0.717, 1.165) is 11.8 Å². The Labute approximate surface area is 203 Å². The lowest BCUT2D eigenvalue weighted by Crippen LogP contribution is -2.37. The Balaban J connectivity index is 1.41. The molecule has 3 aromatic rings. The second-order valence-electron chi connectivity index (χ2n) is 8.52. The highest BCUT2D eigenvalue weighted by Gasteiger charge is 2.28. The molecule has 3 aromatic heterocycles. The summed E-state index contributed by atoms with van der Waals surface area (Å²) in [6.07, 6.45) is 4.47. The van der Waals surface area contributed by atoms with E-state index in [9.17, 15) is 17.2 Å². The fraction of sp³-hybridized carbons (Fsp3) is 0.391. The van der Waals surface area contributed by atoms with Gasteiger partial charge in [-0.25, -0.2) is 37.1 Å².